The van der Waals surface area contributed by atoms with Crippen molar-refractivity contribution in [3.63, 3.8) is 0 Å². The van der Waals surface area contributed by atoms with E-state index < -0.39 is 0 Å². The third kappa shape index (κ3) is 5.23. The number of carbonyl (C=O) groups excluding carboxylic acids is 2. The zero-order valence-electron chi connectivity index (χ0n) is 17.8. The molecule has 0 spiro atoms. The molecule has 1 aliphatic rings. The number of hydrogen-bond acceptors (Lipinski definition) is 4. The molecule has 162 valence electrons. The van der Waals surface area contributed by atoms with Gasteiger partial charge in [-0.3, -0.25) is 14.7 Å². The molecule has 1 saturated heterocycles. The molecule has 0 radical (unpaired) electrons. The number of aromatic amines is 1. The van der Waals surface area contributed by atoms with Crippen molar-refractivity contribution in [3.05, 3.63) is 59.8 Å². The molecule has 0 unspecified atom stereocenters. The van der Waals surface area contributed by atoms with Crippen molar-refractivity contribution in [2.45, 2.75) is 25.7 Å². The molecule has 7 heteroatoms. The van der Waals surface area contributed by atoms with E-state index in [0.717, 1.165) is 47.3 Å². The largest absolute Gasteiger partial charge is 0.497 e. The number of likely N-dealkylation sites (tertiary alicyclic amines) is 1. The Hall–Kier alpha value is -3.35. The number of nitrogens with one attached hydrogen (secondary N) is 2. The molecule has 3 aromatic rings. The second kappa shape index (κ2) is 9.64. The maximum absolute atomic E-state index is 12.9. The zero-order chi connectivity index (χ0) is 21.6. The molecule has 1 fully saturated rings. The molecule has 2 amide bonds. The summed E-state index contributed by atoms with van der Waals surface area (Å²) >= 11 is 0. The van der Waals surface area contributed by atoms with E-state index in [1.54, 1.807) is 7.11 Å². The van der Waals surface area contributed by atoms with Crippen molar-refractivity contribution in [2.75, 3.05) is 26.7 Å². The summed E-state index contributed by atoms with van der Waals surface area (Å²) < 4.78 is 5.15. The zero-order valence-corrected chi connectivity index (χ0v) is 17.8. The molecular weight excluding hydrogens is 392 g/mol. The van der Waals surface area contributed by atoms with Crippen LogP contribution >= 0.6 is 0 Å². The van der Waals surface area contributed by atoms with Gasteiger partial charge >= 0.3 is 0 Å². The maximum atomic E-state index is 12.9. The summed E-state index contributed by atoms with van der Waals surface area (Å²) in [5, 5.41) is 11.3. The first-order valence-electron chi connectivity index (χ1n) is 10.7. The van der Waals surface area contributed by atoms with Gasteiger partial charge in [0.05, 0.1) is 31.2 Å². The fourth-order valence-corrected chi connectivity index (χ4v) is 4.12. The fraction of sp³-hybridized carbons (Fsp3) is 0.375. The summed E-state index contributed by atoms with van der Waals surface area (Å²) in [5.74, 6) is 1.15. The number of para-hydroxylation sites is 1. The minimum absolute atomic E-state index is 0.00227. The second-order valence-corrected chi connectivity index (χ2v) is 8.07. The van der Waals surface area contributed by atoms with Crippen LogP contribution < -0.4 is 10.1 Å². The number of rotatable bonds is 7. The van der Waals surface area contributed by atoms with Gasteiger partial charge in [0, 0.05) is 25.0 Å². The molecular formula is C24H28N4O3. The Morgan fingerprint density at radius 1 is 1.16 bits per heavy atom. The minimum Gasteiger partial charge on any atom is -0.497 e. The number of hydrogen-bond donors (Lipinski definition) is 2. The number of fused-ring (bicyclic) bond motifs is 1. The van der Waals surface area contributed by atoms with Gasteiger partial charge in [-0.05, 0) is 42.5 Å². The standard InChI is InChI=1S/C24H28N4O3/c1-31-19-10-8-17(9-11-19)13-23(29)25-15-18-5-4-12-28(16-18)24(30)14-22-20-6-2-3-7-21(20)26-27-22/h2-3,6-11,18H,4-5,12-16H2,1H3,(H,25,29)(H,26,27)/t18-/m0/s1. The number of benzene rings is 2. The Morgan fingerprint density at radius 2 is 1.97 bits per heavy atom. The molecule has 2 N–H and O–H groups in total. The summed E-state index contributed by atoms with van der Waals surface area (Å²) in [6.45, 7) is 2.03. The van der Waals surface area contributed by atoms with Crippen molar-refractivity contribution in [2.24, 2.45) is 5.92 Å². The third-order valence-corrected chi connectivity index (χ3v) is 5.85. The molecule has 4 rings (SSSR count). The fourth-order valence-electron chi connectivity index (χ4n) is 4.12. The number of aromatic nitrogens is 2. The Kier molecular flexibility index (Phi) is 6.50. The van der Waals surface area contributed by atoms with Gasteiger partial charge in [-0.15, -0.1) is 0 Å². The van der Waals surface area contributed by atoms with Gasteiger partial charge in [-0.2, -0.15) is 5.10 Å². The SMILES string of the molecule is COc1ccc(CC(=O)NC[C@@H]2CCCN(C(=O)Cc3[nH]nc4ccccc34)C2)cc1. The van der Waals surface area contributed by atoms with Crippen molar-refractivity contribution in [3.8, 4) is 5.75 Å². The van der Waals surface area contributed by atoms with Crippen LogP contribution in [-0.4, -0.2) is 53.7 Å². The Balaban J connectivity index is 1.26. The van der Waals surface area contributed by atoms with Crippen molar-refractivity contribution in [1.29, 1.82) is 0 Å². The first-order chi connectivity index (χ1) is 15.1. The van der Waals surface area contributed by atoms with Gasteiger partial charge in [0.1, 0.15) is 5.75 Å². The van der Waals surface area contributed by atoms with Gasteiger partial charge in [-0.1, -0.05) is 30.3 Å². The number of carbonyl (C=O) groups is 2. The number of ether oxygens (including phenoxy) is 1. The van der Waals surface area contributed by atoms with Crippen LogP contribution in [0.5, 0.6) is 5.75 Å². The highest BCUT2D eigenvalue weighted by Gasteiger charge is 2.25. The van der Waals surface area contributed by atoms with Crippen molar-refractivity contribution in [1.82, 2.24) is 20.4 Å². The summed E-state index contributed by atoms with van der Waals surface area (Å²) in [6, 6.07) is 15.3. The van der Waals surface area contributed by atoms with Crippen LogP contribution in [0.1, 0.15) is 24.1 Å². The number of methoxy groups -OCH3 is 1. The lowest BCUT2D eigenvalue weighted by molar-refractivity contribution is -0.132. The van der Waals surface area contributed by atoms with E-state index in [2.05, 4.69) is 15.5 Å². The van der Waals surface area contributed by atoms with Gasteiger partial charge < -0.3 is 15.0 Å². The number of amides is 2. The first-order valence-corrected chi connectivity index (χ1v) is 10.7. The minimum atomic E-state index is -0.00227. The lowest BCUT2D eigenvalue weighted by Gasteiger charge is -2.33. The molecule has 0 aliphatic carbocycles. The van der Waals surface area contributed by atoms with Crippen LogP contribution in [0.15, 0.2) is 48.5 Å². The molecule has 2 aromatic carbocycles. The molecule has 2 heterocycles. The van der Waals surface area contributed by atoms with Gasteiger partial charge in [0.25, 0.3) is 0 Å². The Labute approximate surface area is 181 Å². The van der Waals surface area contributed by atoms with E-state index >= 15 is 0 Å². The van der Waals surface area contributed by atoms with Crippen LogP contribution in [0, 0.1) is 5.92 Å². The van der Waals surface area contributed by atoms with Crippen LogP contribution in [0.25, 0.3) is 10.9 Å². The number of H-pyrrole nitrogens is 1. The normalized spacial score (nSPS) is 16.3. The average Bonchev–Trinajstić information content (AvgIpc) is 3.21. The Bertz CT molecular complexity index is 1040. The molecule has 1 aromatic heterocycles. The van der Waals surface area contributed by atoms with Crippen LogP contribution in [-0.2, 0) is 22.4 Å². The number of nitrogens with zero attached hydrogens (tertiary/aromatic N) is 2. The molecule has 0 saturated carbocycles. The highest BCUT2D eigenvalue weighted by molar-refractivity contribution is 5.87. The van der Waals surface area contributed by atoms with E-state index in [4.69, 9.17) is 4.74 Å². The van der Waals surface area contributed by atoms with Crippen LogP contribution in [0.4, 0.5) is 0 Å². The van der Waals surface area contributed by atoms with Gasteiger partial charge in [-0.25, -0.2) is 0 Å². The van der Waals surface area contributed by atoms with Gasteiger partial charge in [0.15, 0.2) is 0 Å². The molecule has 1 atom stereocenters. The molecule has 7 nitrogen and oxygen atoms in total. The quantitative estimate of drug-likeness (QED) is 0.615. The second-order valence-electron chi connectivity index (χ2n) is 8.07. The van der Waals surface area contributed by atoms with E-state index in [1.807, 2.05) is 53.4 Å². The Morgan fingerprint density at radius 3 is 2.77 bits per heavy atom. The van der Waals surface area contributed by atoms with Crippen LogP contribution in [0.2, 0.25) is 0 Å². The molecule has 1 aliphatic heterocycles. The third-order valence-electron chi connectivity index (χ3n) is 5.85. The summed E-state index contributed by atoms with van der Waals surface area (Å²) in [6.07, 6.45) is 2.62. The smallest absolute Gasteiger partial charge is 0.228 e. The van der Waals surface area contributed by atoms with E-state index in [-0.39, 0.29) is 17.7 Å². The van der Waals surface area contributed by atoms with Gasteiger partial charge in [0.2, 0.25) is 11.8 Å². The van der Waals surface area contributed by atoms with E-state index in [0.29, 0.717) is 25.9 Å². The number of piperidine rings is 1. The lowest BCUT2D eigenvalue weighted by atomic mass is 9.97. The summed E-state index contributed by atoms with van der Waals surface area (Å²) in [4.78, 5) is 27.1. The van der Waals surface area contributed by atoms with E-state index in [1.165, 1.54) is 0 Å². The lowest BCUT2D eigenvalue weighted by Crippen LogP contribution is -2.44. The monoisotopic (exact) mass is 420 g/mol. The predicted octanol–water partition coefficient (Wildman–Crippen LogP) is 2.71. The summed E-state index contributed by atoms with van der Waals surface area (Å²) in [7, 11) is 1.62. The van der Waals surface area contributed by atoms with Crippen molar-refractivity contribution >= 4 is 22.7 Å². The predicted molar refractivity (Wildman–Crippen MR) is 119 cm³/mol. The topological polar surface area (TPSA) is 87.3 Å². The van der Waals surface area contributed by atoms with Crippen molar-refractivity contribution < 1.29 is 14.3 Å². The highest BCUT2D eigenvalue weighted by atomic mass is 16.5. The highest BCUT2D eigenvalue weighted by Crippen LogP contribution is 2.20. The first kappa shape index (κ1) is 20.9. The average molecular weight is 421 g/mol. The molecule has 31 heavy (non-hydrogen) atoms. The van der Waals surface area contributed by atoms with E-state index in [9.17, 15) is 9.59 Å². The van der Waals surface area contributed by atoms with Crippen LogP contribution in [0.3, 0.4) is 0 Å². The molecule has 0 bridgehead atoms. The maximum Gasteiger partial charge on any atom is 0.228 e. The summed E-state index contributed by atoms with van der Waals surface area (Å²) in [5.41, 5.74) is 2.68.